The number of nitrogens with zero attached hydrogens (tertiary/aromatic N) is 1. The van der Waals surface area contributed by atoms with E-state index in [2.05, 4.69) is 26.3 Å². The minimum atomic E-state index is -4.55. The first kappa shape index (κ1) is 38.1. The van der Waals surface area contributed by atoms with Crippen molar-refractivity contribution >= 4 is 40.6 Å². The molecular formula is C37H40F3N5O6. The topological polar surface area (TPSA) is 148 Å². The van der Waals surface area contributed by atoms with Gasteiger partial charge in [-0.25, -0.2) is 9.59 Å². The van der Waals surface area contributed by atoms with E-state index in [1.54, 1.807) is 32.9 Å². The minimum Gasteiger partial charge on any atom is -0.445 e. The second kappa shape index (κ2) is 17.3. The highest BCUT2D eigenvalue weighted by Crippen LogP contribution is 2.29. The summed E-state index contributed by atoms with van der Waals surface area (Å²) in [4.78, 5) is 56.6. The molecule has 4 amide bonds. The zero-order valence-electron chi connectivity index (χ0n) is 28.4. The molecule has 4 N–H and O–H groups in total. The van der Waals surface area contributed by atoms with Crippen LogP contribution in [0.2, 0.25) is 0 Å². The van der Waals surface area contributed by atoms with E-state index in [1.807, 2.05) is 48.5 Å². The fourth-order valence-electron chi connectivity index (χ4n) is 4.91. The van der Waals surface area contributed by atoms with Crippen LogP contribution in [0.1, 0.15) is 50.3 Å². The molecule has 0 aliphatic heterocycles. The van der Waals surface area contributed by atoms with Crippen LogP contribution >= 0.6 is 0 Å². The lowest BCUT2D eigenvalue weighted by molar-refractivity contribution is -0.137. The summed E-state index contributed by atoms with van der Waals surface area (Å²) in [7, 11) is 0. The van der Waals surface area contributed by atoms with E-state index in [-0.39, 0.29) is 32.4 Å². The Bertz CT molecular complexity index is 1800. The molecule has 0 saturated carbocycles. The molecular weight excluding hydrogens is 667 g/mol. The Morgan fingerprint density at radius 2 is 1.47 bits per heavy atom. The zero-order valence-corrected chi connectivity index (χ0v) is 28.4. The summed E-state index contributed by atoms with van der Waals surface area (Å²) in [5, 5.41) is 11.2. The first-order valence-electron chi connectivity index (χ1n) is 16.2. The average molecular weight is 708 g/mol. The van der Waals surface area contributed by atoms with Gasteiger partial charge < -0.3 is 30.7 Å². The Labute approximate surface area is 293 Å². The molecule has 270 valence electrons. The number of aromatic nitrogens is 1. The third-order valence-electron chi connectivity index (χ3n) is 7.37. The monoisotopic (exact) mass is 707 g/mol. The Hall–Kier alpha value is -5.66. The van der Waals surface area contributed by atoms with Gasteiger partial charge in [-0.15, -0.1) is 0 Å². The SMILES string of the molecule is CC(C)(C)OC(=O)N[C@@H](CCCNC(=O)OCc1ccccc1)C(=O)N[C@H](Cc1ccc(C(F)(F)F)cc1)C(=O)Nc1cnc2ccccc2c1. The highest BCUT2D eigenvalue weighted by atomic mass is 19.4. The number of rotatable bonds is 13. The van der Waals surface area contributed by atoms with Crippen molar-refractivity contribution in [1.29, 1.82) is 0 Å². The summed E-state index contributed by atoms with van der Waals surface area (Å²) in [5.41, 5.74) is 0.429. The van der Waals surface area contributed by atoms with Crippen molar-refractivity contribution in [2.24, 2.45) is 0 Å². The third-order valence-corrected chi connectivity index (χ3v) is 7.37. The number of hydrogen-bond acceptors (Lipinski definition) is 7. The molecule has 0 unspecified atom stereocenters. The van der Waals surface area contributed by atoms with Gasteiger partial charge in [0.15, 0.2) is 0 Å². The van der Waals surface area contributed by atoms with Crippen LogP contribution in [0, 0.1) is 0 Å². The molecule has 2 atom stereocenters. The summed E-state index contributed by atoms with van der Waals surface area (Å²) in [6.07, 6.45) is -4.60. The molecule has 14 heteroatoms. The number of alkyl halides is 3. The molecule has 1 heterocycles. The van der Waals surface area contributed by atoms with Gasteiger partial charge in [0.25, 0.3) is 0 Å². The van der Waals surface area contributed by atoms with E-state index in [1.165, 1.54) is 18.3 Å². The van der Waals surface area contributed by atoms with Crippen LogP contribution in [0.4, 0.5) is 28.4 Å². The molecule has 1 aromatic heterocycles. The highest BCUT2D eigenvalue weighted by molar-refractivity contribution is 5.99. The smallest absolute Gasteiger partial charge is 0.416 e. The summed E-state index contributed by atoms with van der Waals surface area (Å²) < 4.78 is 50.2. The average Bonchev–Trinajstić information content (AvgIpc) is 3.07. The largest absolute Gasteiger partial charge is 0.445 e. The molecule has 4 rings (SSSR count). The van der Waals surface area contributed by atoms with Crippen molar-refractivity contribution in [3.05, 3.63) is 108 Å². The standard InChI is InChI=1S/C37H40F3N5O6/c1-36(2,3)51-35(49)45-30(14-9-19-41-34(48)50-23-25-10-5-4-6-11-25)32(46)44-31(20-24-15-17-27(18-16-24)37(38,39)40)33(47)43-28-21-26-12-7-8-13-29(26)42-22-28/h4-8,10-13,15-18,21-22,30-31H,9,14,19-20,23H2,1-3H3,(H,41,48)(H,43,47)(H,44,46)(H,45,49)/t30-,31+/m0/s1. The van der Waals surface area contributed by atoms with Gasteiger partial charge in [-0.05, 0) is 69.0 Å². The van der Waals surface area contributed by atoms with Gasteiger partial charge in [-0.3, -0.25) is 14.6 Å². The fraction of sp³-hybridized carbons (Fsp3) is 0.324. The number of benzene rings is 3. The predicted octanol–water partition coefficient (Wildman–Crippen LogP) is 6.52. The number of carbonyl (C=O) groups excluding carboxylic acids is 4. The fourth-order valence-corrected chi connectivity index (χ4v) is 4.91. The van der Waals surface area contributed by atoms with Gasteiger partial charge in [-0.1, -0.05) is 60.7 Å². The Balaban J connectivity index is 1.47. The van der Waals surface area contributed by atoms with Crippen LogP contribution in [-0.2, 0) is 38.3 Å². The van der Waals surface area contributed by atoms with Crippen LogP contribution in [0.3, 0.4) is 0 Å². The van der Waals surface area contributed by atoms with Gasteiger partial charge in [-0.2, -0.15) is 13.2 Å². The van der Waals surface area contributed by atoms with Gasteiger partial charge in [0.1, 0.15) is 24.3 Å². The number of nitrogens with one attached hydrogen (secondary N) is 4. The zero-order chi connectivity index (χ0) is 37.0. The van der Waals surface area contributed by atoms with Crippen LogP contribution in [0.25, 0.3) is 10.9 Å². The lowest BCUT2D eigenvalue weighted by atomic mass is 10.0. The Morgan fingerprint density at radius 1 is 0.784 bits per heavy atom. The number of amides is 4. The maximum absolute atomic E-state index is 13.7. The van der Waals surface area contributed by atoms with Crippen molar-refractivity contribution in [3.63, 3.8) is 0 Å². The summed E-state index contributed by atoms with van der Waals surface area (Å²) in [5.74, 6) is -1.42. The second-order valence-electron chi connectivity index (χ2n) is 12.7. The number of pyridine rings is 1. The Morgan fingerprint density at radius 3 is 2.16 bits per heavy atom. The van der Waals surface area contributed by atoms with Crippen molar-refractivity contribution < 1.29 is 41.8 Å². The lowest BCUT2D eigenvalue weighted by Crippen LogP contribution is -2.54. The van der Waals surface area contributed by atoms with Crippen LogP contribution in [0.15, 0.2) is 91.1 Å². The van der Waals surface area contributed by atoms with Crippen molar-refractivity contribution in [2.45, 2.75) is 70.5 Å². The molecule has 11 nitrogen and oxygen atoms in total. The van der Waals surface area contributed by atoms with E-state index in [4.69, 9.17) is 9.47 Å². The molecule has 51 heavy (non-hydrogen) atoms. The first-order valence-corrected chi connectivity index (χ1v) is 16.2. The summed E-state index contributed by atoms with van der Waals surface area (Å²) >= 11 is 0. The lowest BCUT2D eigenvalue weighted by Gasteiger charge is -2.25. The van der Waals surface area contributed by atoms with E-state index in [0.29, 0.717) is 16.8 Å². The van der Waals surface area contributed by atoms with E-state index >= 15 is 0 Å². The minimum absolute atomic E-state index is 0.0211. The normalized spacial score (nSPS) is 12.7. The van der Waals surface area contributed by atoms with E-state index in [9.17, 15) is 32.3 Å². The van der Waals surface area contributed by atoms with Crippen LogP contribution in [0.5, 0.6) is 0 Å². The summed E-state index contributed by atoms with van der Waals surface area (Å²) in [6.45, 7) is 5.11. The quantitative estimate of drug-likeness (QED) is 0.116. The van der Waals surface area contributed by atoms with Crippen LogP contribution < -0.4 is 21.3 Å². The first-order chi connectivity index (χ1) is 24.2. The molecule has 0 radical (unpaired) electrons. The van der Waals surface area contributed by atoms with Gasteiger partial charge in [0, 0.05) is 18.4 Å². The maximum atomic E-state index is 13.7. The second-order valence-corrected chi connectivity index (χ2v) is 12.7. The molecule has 4 aromatic rings. The molecule has 0 fully saturated rings. The van der Waals surface area contributed by atoms with Crippen molar-refractivity contribution in [3.8, 4) is 0 Å². The number of fused-ring (bicyclic) bond motifs is 1. The highest BCUT2D eigenvalue weighted by Gasteiger charge is 2.31. The van der Waals surface area contributed by atoms with Crippen LogP contribution in [-0.4, -0.2) is 53.2 Å². The number of para-hydroxylation sites is 1. The number of anilines is 1. The number of ether oxygens (including phenoxy) is 2. The van der Waals surface area contributed by atoms with E-state index < -0.39 is 53.4 Å². The number of carbonyl (C=O) groups is 4. The van der Waals surface area contributed by atoms with Crippen molar-refractivity contribution in [2.75, 3.05) is 11.9 Å². The molecule has 0 aliphatic rings. The Kier molecular flexibility index (Phi) is 13.0. The molecule has 3 aromatic carbocycles. The molecule has 0 bridgehead atoms. The third kappa shape index (κ3) is 12.6. The number of hydrogen-bond donors (Lipinski definition) is 4. The van der Waals surface area contributed by atoms with Gasteiger partial charge in [0.2, 0.25) is 11.8 Å². The summed E-state index contributed by atoms with van der Waals surface area (Å²) in [6, 6.07) is 19.8. The van der Waals surface area contributed by atoms with Gasteiger partial charge >= 0.3 is 18.4 Å². The molecule has 0 saturated heterocycles. The van der Waals surface area contributed by atoms with Gasteiger partial charge in [0.05, 0.1) is 23.0 Å². The maximum Gasteiger partial charge on any atom is 0.416 e. The molecule has 0 aliphatic carbocycles. The van der Waals surface area contributed by atoms with Crippen molar-refractivity contribution in [1.82, 2.24) is 20.9 Å². The number of alkyl carbamates (subject to hydrolysis) is 2. The predicted molar refractivity (Wildman–Crippen MR) is 184 cm³/mol. The molecule has 0 spiro atoms. The number of halogens is 3. The van der Waals surface area contributed by atoms with E-state index in [0.717, 1.165) is 23.1 Å².